The van der Waals surface area contributed by atoms with Crippen LogP contribution in [-0.2, 0) is 6.18 Å². The third kappa shape index (κ3) is 5.28. The van der Waals surface area contributed by atoms with E-state index in [0.717, 1.165) is 43.1 Å². The van der Waals surface area contributed by atoms with E-state index in [4.69, 9.17) is 17.0 Å². The molecule has 1 fully saturated rings. The number of methoxy groups -OCH3 is 1. The normalized spacial score (nSPS) is 16.7. The SMILES string of the molecule is COc1ccc(N2CC[C@@H](CNC(=S)Nc3cccc(C(F)(F)F)c3)C2)cc1. The molecule has 2 N–H and O–H groups in total. The van der Waals surface area contributed by atoms with Crippen LogP contribution >= 0.6 is 12.2 Å². The summed E-state index contributed by atoms with van der Waals surface area (Å²) < 4.78 is 43.5. The van der Waals surface area contributed by atoms with Gasteiger partial charge in [0.25, 0.3) is 0 Å². The molecule has 28 heavy (non-hydrogen) atoms. The second-order valence-corrected chi connectivity index (χ2v) is 7.12. The van der Waals surface area contributed by atoms with Crippen molar-refractivity contribution in [2.24, 2.45) is 5.92 Å². The maximum absolute atomic E-state index is 12.8. The van der Waals surface area contributed by atoms with Crippen LogP contribution in [0.3, 0.4) is 0 Å². The molecule has 2 aromatic rings. The van der Waals surface area contributed by atoms with Gasteiger partial charge in [0, 0.05) is 31.0 Å². The number of thiocarbonyl (C=S) groups is 1. The third-order valence-corrected chi connectivity index (χ3v) is 4.97. The first-order valence-corrected chi connectivity index (χ1v) is 9.37. The highest BCUT2D eigenvalue weighted by molar-refractivity contribution is 7.80. The lowest BCUT2D eigenvalue weighted by molar-refractivity contribution is -0.137. The van der Waals surface area contributed by atoms with Gasteiger partial charge in [-0.05, 0) is 67.0 Å². The molecule has 1 heterocycles. The number of rotatable bonds is 5. The minimum atomic E-state index is -4.37. The average molecular weight is 409 g/mol. The molecule has 0 radical (unpaired) electrons. The lowest BCUT2D eigenvalue weighted by atomic mass is 10.1. The summed E-state index contributed by atoms with van der Waals surface area (Å²) in [6, 6.07) is 13.0. The molecular weight excluding hydrogens is 387 g/mol. The van der Waals surface area contributed by atoms with Crippen LogP contribution in [0.25, 0.3) is 0 Å². The topological polar surface area (TPSA) is 36.5 Å². The molecule has 3 rings (SSSR count). The zero-order chi connectivity index (χ0) is 20.1. The Morgan fingerprint density at radius 3 is 2.64 bits per heavy atom. The minimum absolute atomic E-state index is 0.318. The summed E-state index contributed by atoms with van der Waals surface area (Å²) in [4.78, 5) is 2.30. The quantitative estimate of drug-likeness (QED) is 0.710. The first kappa shape index (κ1) is 20.3. The number of nitrogens with one attached hydrogen (secondary N) is 2. The van der Waals surface area contributed by atoms with E-state index in [-0.39, 0.29) is 0 Å². The van der Waals surface area contributed by atoms with Crippen molar-refractivity contribution < 1.29 is 17.9 Å². The summed E-state index contributed by atoms with van der Waals surface area (Å²) in [5.41, 5.74) is 0.762. The summed E-state index contributed by atoms with van der Waals surface area (Å²) >= 11 is 5.23. The van der Waals surface area contributed by atoms with E-state index >= 15 is 0 Å². The van der Waals surface area contributed by atoms with Gasteiger partial charge >= 0.3 is 6.18 Å². The van der Waals surface area contributed by atoms with Gasteiger partial charge in [-0.3, -0.25) is 0 Å². The highest BCUT2D eigenvalue weighted by Gasteiger charge is 2.30. The Morgan fingerprint density at radius 1 is 1.21 bits per heavy atom. The van der Waals surface area contributed by atoms with Crippen molar-refractivity contribution in [1.29, 1.82) is 0 Å². The Hall–Kier alpha value is -2.48. The fourth-order valence-electron chi connectivity index (χ4n) is 3.21. The molecule has 0 spiro atoms. The van der Waals surface area contributed by atoms with E-state index in [1.165, 1.54) is 6.07 Å². The molecule has 1 aliphatic rings. The van der Waals surface area contributed by atoms with Gasteiger partial charge in [-0.15, -0.1) is 0 Å². The Kier molecular flexibility index (Phi) is 6.28. The lowest BCUT2D eigenvalue weighted by Crippen LogP contribution is -2.34. The number of hydrogen-bond donors (Lipinski definition) is 2. The fourth-order valence-corrected chi connectivity index (χ4v) is 3.41. The largest absolute Gasteiger partial charge is 0.497 e. The number of hydrogen-bond acceptors (Lipinski definition) is 3. The molecule has 0 unspecified atom stereocenters. The Balaban J connectivity index is 1.47. The molecule has 0 amide bonds. The molecule has 0 saturated carbocycles. The molecular formula is C20H22F3N3OS. The van der Waals surface area contributed by atoms with Crippen molar-refractivity contribution >= 4 is 28.7 Å². The van der Waals surface area contributed by atoms with Crippen LogP contribution < -0.4 is 20.3 Å². The van der Waals surface area contributed by atoms with Gasteiger partial charge < -0.3 is 20.3 Å². The van der Waals surface area contributed by atoms with Crippen LogP contribution in [-0.4, -0.2) is 31.9 Å². The molecule has 0 aromatic heterocycles. The summed E-state index contributed by atoms with van der Waals surface area (Å²) in [7, 11) is 1.64. The van der Waals surface area contributed by atoms with E-state index in [1.54, 1.807) is 13.2 Å². The lowest BCUT2D eigenvalue weighted by Gasteiger charge is -2.19. The molecule has 4 nitrogen and oxygen atoms in total. The highest BCUT2D eigenvalue weighted by Crippen LogP contribution is 2.30. The first-order valence-electron chi connectivity index (χ1n) is 8.96. The van der Waals surface area contributed by atoms with E-state index in [0.29, 0.717) is 23.3 Å². The molecule has 0 aliphatic carbocycles. The van der Waals surface area contributed by atoms with E-state index < -0.39 is 11.7 Å². The number of halogens is 3. The summed E-state index contributed by atoms with van der Waals surface area (Å²) in [5.74, 6) is 1.23. The van der Waals surface area contributed by atoms with Crippen LogP contribution in [0.4, 0.5) is 24.5 Å². The van der Waals surface area contributed by atoms with Crippen molar-refractivity contribution in [3.63, 3.8) is 0 Å². The second kappa shape index (κ2) is 8.68. The fraction of sp³-hybridized carbons (Fsp3) is 0.350. The van der Waals surface area contributed by atoms with Crippen LogP contribution in [0.2, 0.25) is 0 Å². The Morgan fingerprint density at radius 2 is 1.96 bits per heavy atom. The molecule has 2 aromatic carbocycles. The number of anilines is 2. The zero-order valence-electron chi connectivity index (χ0n) is 15.4. The molecule has 150 valence electrons. The third-order valence-electron chi connectivity index (χ3n) is 4.72. The average Bonchev–Trinajstić information content (AvgIpc) is 3.15. The van der Waals surface area contributed by atoms with Gasteiger partial charge in [0.2, 0.25) is 0 Å². The van der Waals surface area contributed by atoms with Crippen LogP contribution in [0.5, 0.6) is 5.75 Å². The van der Waals surface area contributed by atoms with Gasteiger partial charge in [0.15, 0.2) is 5.11 Å². The van der Waals surface area contributed by atoms with Crippen LogP contribution in [0.1, 0.15) is 12.0 Å². The number of nitrogens with zero attached hydrogens (tertiary/aromatic N) is 1. The maximum atomic E-state index is 12.8. The summed E-state index contributed by atoms with van der Waals surface area (Å²) in [5, 5.41) is 6.26. The zero-order valence-corrected chi connectivity index (χ0v) is 16.2. The number of alkyl halides is 3. The molecule has 8 heteroatoms. The summed E-state index contributed by atoms with van der Waals surface area (Å²) in [6.07, 6.45) is -3.35. The van der Waals surface area contributed by atoms with Gasteiger partial charge in [0.05, 0.1) is 12.7 Å². The second-order valence-electron chi connectivity index (χ2n) is 6.71. The van der Waals surface area contributed by atoms with Gasteiger partial charge in [-0.25, -0.2) is 0 Å². The Labute approximate surface area is 167 Å². The molecule has 0 bridgehead atoms. The van der Waals surface area contributed by atoms with Crippen molar-refractivity contribution in [1.82, 2.24) is 5.32 Å². The van der Waals surface area contributed by atoms with Crippen LogP contribution in [0, 0.1) is 5.92 Å². The van der Waals surface area contributed by atoms with Gasteiger partial charge in [-0.1, -0.05) is 6.07 Å². The number of benzene rings is 2. The maximum Gasteiger partial charge on any atom is 0.416 e. The van der Waals surface area contributed by atoms with E-state index in [1.807, 2.05) is 24.3 Å². The number of ether oxygens (including phenoxy) is 1. The van der Waals surface area contributed by atoms with Gasteiger partial charge in [-0.2, -0.15) is 13.2 Å². The standard InChI is InChI=1S/C20H22F3N3OS/c1-27-18-7-5-17(6-8-18)26-10-9-14(13-26)12-24-19(28)25-16-4-2-3-15(11-16)20(21,22)23/h2-8,11,14H,9-10,12-13H2,1H3,(H2,24,25,28)/t14-/m0/s1. The van der Waals surface area contributed by atoms with Crippen LogP contribution in [0.15, 0.2) is 48.5 Å². The minimum Gasteiger partial charge on any atom is -0.497 e. The predicted molar refractivity (Wildman–Crippen MR) is 109 cm³/mol. The van der Waals surface area contributed by atoms with Crippen molar-refractivity contribution in [3.8, 4) is 5.75 Å². The first-order chi connectivity index (χ1) is 13.3. The van der Waals surface area contributed by atoms with E-state index in [2.05, 4.69) is 15.5 Å². The predicted octanol–water partition coefficient (Wildman–Crippen LogP) is 4.53. The van der Waals surface area contributed by atoms with Crippen molar-refractivity contribution in [2.75, 3.05) is 37.0 Å². The summed E-state index contributed by atoms with van der Waals surface area (Å²) in [6.45, 7) is 2.51. The molecule has 1 atom stereocenters. The Bertz CT molecular complexity index is 811. The molecule has 1 saturated heterocycles. The monoisotopic (exact) mass is 409 g/mol. The smallest absolute Gasteiger partial charge is 0.416 e. The van der Waals surface area contributed by atoms with Crippen molar-refractivity contribution in [3.05, 3.63) is 54.1 Å². The highest BCUT2D eigenvalue weighted by atomic mass is 32.1. The van der Waals surface area contributed by atoms with Gasteiger partial charge in [0.1, 0.15) is 5.75 Å². The van der Waals surface area contributed by atoms with E-state index in [9.17, 15) is 13.2 Å². The van der Waals surface area contributed by atoms with Crippen molar-refractivity contribution in [2.45, 2.75) is 12.6 Å². The molecule has 1 aliphatic heterocycles.